The molecule has 0 aliphatic heterocycles. The van der Waals surface area contributed by atoms with Gasteiger partial charge in [-0.2, -0.15) is 0 Å². The molecule has 1 fully saturated rings. The summed E-state index contributed by atoms with van der Waals surface area (Å²) in [7, 11) is 0. The molecule has 2 N–H and O–H groups in total. The Labute approximate surface area is 112 Å². The normalized spacial score (nSPS) is 27.7. The lowest BCUT2D eigenvalue weighted by molar-refractivity contribution is 0.444. The van der Waals surface area contributed by atoms with Crippen molar-refractivity contribution in [3.05, 3.63) is 47.2 Å². The second-order valence-corrected chi connectivity index (χ2v) is 5.53. The smallest absolute Gasteiger partial charge is 0.220 e. The van der Waals surface area contributed by atoms with E-state index in [1.807, 2.05) is 0 Å². The van der Waals surface area contributed by atoms with Crippen LogP contribution in [-0.2, 0) is 12.8 Å². The molecule has 4 rings (SSSR count). The molecule has 1 aromatic carbocycles. The average Bonchev–Trinajstić information content (AvgIpc) is 3.02. The van der Waals surface area contributed by atoms with Crippen LogP contribution in [-0.4, -0.2) is 16.7 Å². The van der Waals surface area contributed by atoms with Gasteiger partial charge in [-0.05, 0) is 35.8 Å². The van der Waals surface area contributed by atoms with Gasteiger partial charge in [-0.1, -0.05) is 24.3 Å². The van der Waals surface area contributed by atoms with Crippen molar-refractivity contribution < 1.29 is 4.42 Å². The maximum absolute atomic E-state index is 5.75. The maximum atomic E-state index is 5.75. The quantitative estimate of drug-likeness (QED) is 0.911. The number of hydrogen-bond acceptors (Lipinski definition) is 4. The standard InChI is InChI=1S/C15H17N3O/c16-8-7-12-17-18-15(19-12)14-11-6-5-9-3-1-2-4-10(9)13(11)14/h1-4,11,13-14H,5-8,16H2. The van der Waals surface area contributed by atoms with E-state index in [4.69, 9.17) is 10.2 Å². The van der Waals surface area contributed by atoms with Crippen LogP contribution in [0.3, 0.4) is 0 Å². The van der Waals surface area contributed by atoms with E-state index in [-0.39, 0.29) is 0 Å². The molecular weight excluding hydrogens is 238 g/mol. The third kappa shape index (κ3) is 1.70. The van der Waals surface area contributed by atoms with Gasteiger partial charge in [-0.15, -0.1) is 10.2 Å². The Hall–Kier alpha value is -1.68. The zero-order valence-corrected chi connectivity index (χ0v) is 10.7. The molecule has 2 aliphatic rings. The van der Waals surface area contributed by atoms with Crippen molar-refractivity contribution in [2.24, 2.45) is 11.7 Å². The Kier molecular flexibility index (Phi) is 2.45. The van der Waals surface area contributed by atoms with Crippen LogP contribution in [0.15, 0.2) is 28.7 Å². The number of benzene rings is 1. The molecule has 0 radical (unpaired) electrons. The average molecular weight is 255 g/mol. The summed E-state index contributed by atoms with van der Waals surface area (Å²) in [5.74, 6) is 3.21. The van der Waals surface area contributed by atoms with Gasteiger partial charge < -0.3 is 10.2 Å². The van der Waals surface area contributed by atoms with Gasteiger partial charge in [0.25, 0.3) is 0 Å². The zero-order chi connectivity index (χ0) is 12.8. The third-order valence-electron chi connectivity index (χ3n) is 4.46. The monoisotopic (exact) mass is 255 g/mol. The fraction of sp³-hybridized carbons (Fsp3) is 0.467. The van der Waals surface area contributed by atoms with E-state index in [1.165, 1.54) is 24.0 Å². The fourth-order valence-corrected chi connectivity index (χ4v) is 3.53. The summed E-state index contributed by atoms with van der Waals surface area (Å²) in [6, 6.07) is 8.75. The number of hydrogen-bond donors (Lipinski definition) is 1. The van der Waals surface area contributed by atoms with Gasteiger partial charge in [0.05, 0.1) is 0 Å². The Balaban J connectivity index is 1.62. The number of fused-ring (bicyclic) bond motifs is 3. The van der Waals surface area contributed by atoms with Crippen molar-refractivity contribution in [3.63, 3.8) is 0 Å². The lowest BCUT2D eigenvalue weighted by atomic mass is 9.92. The van der Waals surface area contributed by atoms with Crippen molar-refractivity contribution in [1.29, 1.82) is 0 Å². The lowest BCUT2D eigenvalue weighted by Crippen LogP contribution is -2.02. The first-order valence-corrected chi connectivity index (χ1v) is 6.98. The molecule has 4 heteroatoms. The molecule has 1 saturated carbocycles. The van der Waals surface area contributed by atoms with Crippen molar-refractivity contribution in [3.8, 4) is 0 Å². The molecule has 98 valence electrons. The SMILES string of the molecule is NCCc1nnc(C2C3CCc4ccccc4C32)o1. The molecule has 4 nitrogen and oxygen atoms in total. The van der Waals surface area contributed by atoms with E-state index >= 15 is 0 Å². The molecule has 1 heterocycles. The van der Waals surface area contributed by atoms with Crippen LogP contribution in [0.4, 0.5) is 0 Å². The summed E-state index contributed by atoms with van der Waals surface area (Å²) >= 11 is 0. The summed E-state index contributed by atoms with van der Waals surface area (Å²) in [6.45, 7) is 0.558. The Morgan fingerprint density at radius 3 is 3.00 bits per heavy atom. The molecule has 2 aliphatic carbocycles. The minimum absolute atomic E-state index is 0.433. The number of rotatable bonds is 3. The molecule has 0 spiro atoms. The van der Waals surface area contributed by atoms with Gasteiger partial charge >= 0.3 is 0 Å². The second-order valence-electron chi connectivity index (χ2n) is 5.53. The minimum Gasteiger partial charge on any atom is -0.425 e. The van der Waals surface area contributed by atoms with E-state index in [1.54, 1.807) is 0 Å². The predicted octanol–water partition coefficient (Wildman–Crippen LogP) is 2.01. The van der Waals surface area contributed by atoms with Gasteiger partial charge in [0.15, 0.2) is 0 Å². The molecule has 1 aromatic heterocycles. The molecule has 3 atom stereocenters. The second kappa shape index (κ2) is 4.17. The summed E-state index contributed by atoms with van der Waals surface area (Å²) < 4.78 is 5.75. The highest BCUT2D eigenvalue weighted by Gasteiger charge is 2.56. The molecule has 2 aromatic rings. The Morgan fingerprint density at radius 1 is 1.21 bits per heavy atom. The first kappa shape index (κ1) is 11.2. The highest BCUT2D eigenvalue weighted by molar-refractivity contribution is 5.42. The zero-order valence-electron chi connectivity index (χ0n) is 10.7. The third-order valence-corrected chi connectivity index (χ3v) is 4.46. The molecule has 3 unspecified atom stereocenters. The van der Waals surface area contributed by atoms with Crippen LogP contribution in [0.25, 0.3) is 0 Å². The maximum Gasteiger partial charge on any atom is 0.220 e. The van der Waals surface area contributed by atoms with Crippen molar-refractivity contribution in [2.75, 3.05) is 6.54 Å². The van der Waals surface area contributed by atoms with Gasteiger partial charge in [0.1, 0.15) is 0 Å². The largest absolute Gasteiger partial charge is 0.425 e. The van der Waals surface area contributed by atoms with E-state index in [0.29, 0.717) is 36.6 Å². The Morgan fingerprint density at radius 2 is 2.11 bits per heavy atom. The lowest BCUT2D eigenvalue weighted by Gasteiger charge is -2.13. The van der Waals surface area contributed by atoms with Crippen LogP contribution in [0.1, 0.15) is 41.2 Å². The predicted molar refractivity (Wildman–Crippen MR) is 70.8 cm³/mol. The summed E-state index contributed by atoms with van der Waals surface area (Å²) in [4.78, 5) is 0. The number of aromatic nitrogens is 2. The number of nitrogens with zero attached hydrogens (tertiary/aromatic N) is 2. The molecule has 19 heavy (non-hydrogen) atoms. The Bertz CT molecular complexity index is 607. The molecule has 0 saturated heterocycles. The van der Waals surface area contributed by atoms with Crippen molar-refractivity contribution >= 4 is 0 Å². The number of nitrogens with two attached hydrogens (primary N) is 1. The topological polar surface area (TPSA) is 64.9 Å². The highest BCUT2D eigenvalue weighted by Crippen LogP contribution is 2.64. The van der Waals surface area contributed by atoms with Gasteiger partial charge in [-0.3, -0.25) is 0 Å². The number of aryl methyl sites for hydroxylation is 1. The van der Waals surface area contributed by atoms with Crippen LogP contribution < -0.4 is 5.73 Å². The summed E-state index contributed by atoms with van der Waals surface area (Å²) in [5.41, 5.74) is 8.50. The summed E-state index contributed by atoms with van der Waals surface area (Å²) in [5, 5.41) is 8.31. The van der Waals surface area contributed by atoms with Crippen LogP contribution >= 0.6 is 0 Å². The van der Waals surface area contributed by atoms with Gasteiger partial charge in [-0.25, -0.2) is 0 Å². The minimum atomic E-state index is 0.433. The van der Waals surface area contributed by atoms with Gasteiger partial charge in [0.2, 0.25) is 11.8 Å². The molecular formula is C15H17N3O. The van der Waals surface area contributed by atoms with E-state index in [0.717, 1.165) is 5.89 Å². The van der Waals surface area contributed by atoms with E-state index in [2.05, 4.69) is 34.5 Å². The van der Waals surface area contributed by atoms with Gasteiger partial charge in [0, 0.05) is 18.9 Å². The van der Waals surface area contributed by atoms with E-state index < -0.39 is 0 Å². The molecule has 0 bridgehead atoms. The first-order valence-electron chi connectivity index (χ1n) is 6.98. The van der Waals surface area contributed by atoms with Crippen molar-refractivity contribution in [1.82, 2.24) is 10.2 Å². The summed E-state index contributed by atoms with van der Waals surface area (Å²) in [6.07, 6.45) is 3.09. The first-order chi connectivity index (χ1) is 9.38. The van der Waals surface area contributed by atoms with E-state index in [9.17, 15) is 0 Å². The van der Waals surface area contributed by atoms with Crippen LogP contribution in [0.2, 0.25) is 0 Å². The van der Waals surface area contributed by atoms with Crippen LogP contribution in [0.5, 0.6) is 0 Å². The molecule has 0 amide bonds. The fourth-order valence-electron chi connectivity index (χ4n) is 3.53. The van der Waals surface area contributed by atoms with Crippen molar-refractivity contribution in [2.45, 2.75) is 31.1 Å². The highest BCUT2D eigenvalue weighted by atomic mass is 16.4. The van der Waals surface area contributed by atoms with Crippen LogP contribution in [0, 0.1) is 5.92 Å².